The second-order valence-electron chi connectivity index (χ2n) is 8.71. The van der Waals surface area contributed by atoms with E-state index in [1.165, 1.54) is 7.11 Å². The van der Waals surface area contributed by atoms with Crippen molar-refractivity contribution in [2.75, 3.05) is 20.8 Å². The Bertz CT molecular complexity index is 718. The molecule has 0 unspecified atom stereocenters. The molecule has 1 saturated carbocycles. The van der Waals surface area contributed by atoms with Gasteiger partial charge in [-0.2, -0.15) is 0 Å². The molecule has 160 valence electrons. The third-order valence-corrected chi connectivity index (χ3v) is 6.48. The summed E-state index contributed by atoms with van der Waals surface area (Å²) in [6, 6.07) is 7.40. The Morgan fingerprint density at radius 3 is 2.59 bits per heavy atom. The molecule has 0 aromatic heterocycles. The van der Waals surface area contributed by atoms with E-state index in [1.807, 2.05) is 12.1 Å². The highest BCUT2D eigenvalue weighted by molar-refractivity contribution is 5.89. The lowest BCUT2D eigenvalue weighted by Gasteiger charge is -2.52. The second-order valence-corrected chi connectivity index (χ2v) is 8.71. The van der Waals surface area contributed by atoms with Crippen molar-refractivity contribution in [2.45, 2.75) is 63.7 Å². The number of nitrogens with one attached hydrogen (secondary N) is 1. The quantitative estimate of drug-likeness (QED) is 0.734. The fourth-order valence-electron chi connectivity index (χ4n) is 4.87. The first-order chi connectivity index (χ1) is 13.9. The van der Waals surface area contributed by atoms with Gasteiger partial charge in [-0.05, 0) is 43.4 Å². The number of rotatable bonds is 6. The fraction of sp³-hybridized carbons (Fsp3) is 0.652. The number of ether oxygens (including phenoxy) is 3. The summed E-state index contributed by atoms with van der Waals surface area (Å²) in [5, 5.41) is 3.31. The fourth-order valence-corrected chi connectivity index (χ4v) is 4.87. The highest BCUT2D eigenvalue weighted by Crippen LogP contribution is 2.47. The third kappa shape index (κ3) is 4.98. The van der Waals surface area contributed by atoms with Crippen molar-refractivity contribution in [3.63, 3.8) is 0 Å². The van der Waals surface area contributed by atoms with E-state index in [9.17, 15) is 9.59 Å². The van der Waals surface area contributed by atoms with Crippen molar-refractivity contribution >= 4 is 11.9 Å². The van der Waals surface area contributed by atoms with E-state index >= 15 is 0 Å². The van der Waals surface area contributed by atoms with Gasteiger partial charge in [-0.3, -0.25) is 4.79 Å². The number of carbonyl (C=O) groups excluding carboxylic acids is 2. The minimum Gasteiger partial charge on any atom is -0.465 e. The molecule has 3 rings (SSSR count). The average molecular weight is 404 g/mol. The van der Waals surface area contributed by atoms with Crippen molar-refractivity contribution in [3.05, 3.63) is 35.4 Å². The first kappa shape index (κ1) is 21.8. The standard InChI is InChI=1S/C23H33NO5/c1-15-5-10-18-19(13-15)29-20(14-23(18,2)24-21(25)11-12-27-3)16-6-8-17(9-7-16)22(26)28-4/h6-9,15,18-20H,5,10-14H2,1-4H3,(H,24,25)/t15-,18-,19-,20-,23-/m1/s1. The number of carbonyl (C=O) groups is 2. The summed E-state index contributed by atoms with van der Waals surface area (Å²) in [6.45, 7) is 4.84. The first-order valence-electron chi connectivity index (χ1n) is 10.5. The van der Waals surface area contributed by atoms with Crippen molar-refractivity contribution in [1.29, 1.82) is 0 Å². The lowest BCUT2D eigenvalue weighted by Crippen LogP contribution is -2.60. The summed E-state index contributed by atoms with van der Waals surface area (Å²) < 4.78 is 16.4. The van der Waals surface area contributed by atoms with Gasteiger partial charge in [-0.25, -0.2) is 4.79 Å². The van der Waals surface area contributed by atoms with Crippen LogP contribution in [0.2, 0.25) is 0 Å². The van der Waals surface area contributed by atoms with Crippen LogP contribution < -0.4 is 5.32 Å². The van der Waals surface area contributed by atoms with Gasteiger partial charge in [0.15, 0.2) is 0 Å². The maximum Gasteiger partial charge on any atom is 0.337 e. The van der Waals surface area contributed by atoms with Crippen molar-refractivity contribution < 1.29 is 23.8 Å². The lowest BCUT2D eigenvalue weighted by atomic mass is 9.66. The van der Waals surface area contributed by atoms with E-state index in [0.717, 1.165) is 24.8 Å². The van der Waals surface area contributed by atoms with Crippen LogP contribution in [0.3, 0.4) is 0 Å². The van der Waals surface area contributed by atoms with Crippen molar-refractivity contribution in [1.82, 2.24) is 5.32 Å². The summed E-state index contributed by atoms with van der Waals surface area (Å²) in [5.74, 6) is 0.590. The number of hydrogen-bond acceptors (Lipinski definition) is 5. The number of fused-ring (bicyclic) bond motifs is 1. The van der Waals surface area contributed by atoms with Gasteiger partial charge >= 0.3 is 5.97 Å². The van der Waals surface area contributed by atoms with Gasteiger partial charge in [0.1, 0.15) is 0 Å². The Morgan fingerprint density at radius 2 is 1.93 bits per heavy atom. The summed E-state index contributed by atoms with van der Waals surface area (Å²) in [6.07, 6.45) is 4.28. The minimum atomic E-state index is -0.350. The van der Waals surface area contributed by atoms with Gasteiger partial charge in [0.05, 0.1) is 31.5 Å². The van der Waals surface area contributed by atoms with Crippen LogP contribution in [0.5, 0.6) is 0 Å². The minimum absolute atomic E-state index is 0.0217. The van der Waals surface area contributed by atoms with Gasteiger partial charge in [0.2, 0.25) is 5.91 Å². The van der Waals surface area contributed by atoms with Crippen LogP contribution in [0.15, 0.2) is 24.3 Å². The zero-order chi connectivity index (χ0) is 21.0. The molecule has 2 fully saturated rings. The van der Waals surface area contributed by atoms with Crippen LogP contribution in [0.1, 0.15) is 68.0 Å². The van der Waals surface area contributed by atoms with Crippen LogP contribution in [0.25, 0.3) is 0 Å². The van der Waals surface area contributed by atoms with Crippen molar-refractivity contribution in [2.24, 2.45) is 11.8 Å². The Hall–Kier alpha value is -1.92. The van der Waals surface area contributed by atoms with Crippen molar-refractivity contribution in [3.8, 4) is 0 Å². The number of esters is 1. The Kier molecular flexibility index (Phi) is 6.96. The van der Waals surface area contributed by atoms with E-state index in [1.54, 1.807) is 19.2 Å². The molecular formula is C23H33NO5. The first-order valence-corrected chi connectivity index (χ1v) is 10.5. The van der Waals surface area contributed by atoms with Gasteiger partial charge < -0.3 is 19.5 Å². The normalized spacial score (nSPS) is 31.6. The van der Waals surface area contributed by atoms with E-state index in [4.69, 9.17) is 14.2 Å². The largest absolute Gasteiger partial charge is 0.465 e. The molecule has 1 N–H and O–H groups in total. The molecule has 1 saturated heterocycles. The molecule has 1 aliphatic carbocycles. The molecule has 6 nitrogen and oxygen atoms in total. The molecule has 6 heteroatoms. The molecule has 1 aromatic rings. The Balaban J connectivity index is 1.82. The van der Waals surface area contributed by atoms with Crippen LogP contribution in [0.4, 0.5) is 0 Å². The van der Waals surface area contributed by atoms with Crippen LogP contribution >= 0.6 is 0 Å². The maximum absolute atomic E-state index is 12.5. The summed E-state index contributed by atoms with van der Waals surface area (Å²) in [7, 11) is 2.98. The molecule has 1 amide bonds. The Morgan fingerprint density at radius 1 is 1.21 bits per heavy atom. The number of methoxy groups -OCH3 is 2. The SMILES string of the molecule is COCCC(=O)N[C@]1(C)C[C@H](c2ccc(C(=O)OC)cc2)O[C@@H]2C[C@H](C)CC[C@H]21. The summed E-state index contributed by atoms with van der Waals surface area (Å²) in [5.41, 5.74) is 1.21. The smallest absolute Gasteiger partial charge is 0.337 e. The molecular weight excluding hydrogens is 370 g/mol. The molecule has 1 aliphatic heterocycles. The molecule has 1 heterocycles. The number of benzene rings is 1. The average Bonchev–Trinajstić information content (AvgIpc) is 2.71. The predicted octanol–water partition coefficient (Wildman–Crippen LogP) is 3.65. The summed E-state index contributed by atoms with van der Waals surface area (Å²) in [4.78, 5) is 24.3. The molecule has 29 heavy (non-hydrogen) atoms. The third-order valence-electron chi connectivity index (χ3n) is 6.48. The number of amides is 1. The van der Waals surface area contributed by atoms with E-state index in [0.29, 0.717) is 36.8 Å². The van der Waals surface area contributed by atoms with Gasteiger partial charge in [0.25, 0.3) is 0 Å². The molecule has 0 radical (unpaired) electrons. The Labute approximate surface area is 173 Å². The van der Waals surface area contributed by atoms with Crippen LogP contribution in [-0.2, 0) is 19.0 Å². The molecule has 2 aliphatic rings. The monoisotopic (exact) mass is 403 g/mol. The zero-order valence-corrected chi connectivity index (χ0v) is 17.9. The maximum atomic E-state index is 12.5. The molecule has 5 atom stereocenters. The predicted molar refractivity (Wildman–Crippen MR) is 110 cm³/mol. The van der Waals surface area contributed by atoms with Crippen LogP contribution in [-0.4, -0.2) is 44.3 Å². The second kappa shape index (κ2) is 9.26. The number of hydrogen-bond donors (Lipinski definition) is 1. The summed E-state index contributed by atoms with van der Waals surface area (Å²) >= 11 is 0. The highest BCUT2D eigenvalue weighted by Gasteiger charge is 2.49. The molecule has 1 aromatic carbocycles. The zero-order valence-electron chi connectivity index (χ0n) is 17.9. The van der Waals surface area contributed by atoms with Gasteiger partial charge in [-0.1, -0.05) is 25.5 Å². The lowest BCUT2D eigenvalue weighted by molar-refractivity contribution is -0.154. The molecule has 0 bridgehead atoms. The van der Waals surface area contributed by atoms with Gasteiger partial charge in [0, 0.05) is 31.4 Å². The van der Waals surface area contributed by atoms with E-state index in [-0.39, 0.29) is 29.6 Å². The molecule has 0 spiro atoms. The van der Waals surface area contributed by atoms with E-state index in [2.05, 4.69) is 19.2 Å². The van der Waals surface area contributed by atoms with E-state index < -0.39 is 0 Å². The highest BCUT2D eigenvalue weighted by atomic mass is 16.5. The topological polar surface area (TPSA) is 73.9 Å². The van der Waals surface area contributed by atoms with Gasteiger partial charge in [-0.15, -0.1) is 0 Å². The van der Waals surface area contributed by atoms with Crippen LogP contribution in [0, 0.1) is 11.8 Å².